The lowest BCUT2D eigenvalue weighted by atomic mass is 10.1. The molecular weight excluding hydrogens is 338 g/mol. The Morgan fingerprint density at radius 3 is 2.72 bits per heavy atom. The van der Waals surface area contributed by atoms with Crippen LogP contribution in [0.25, 0.3) is 10.9 Å². The van der Waals surface area contributed by atoms with Gasteiger partial charge in [-0.15, -0.1) is 0 Å². The third-order valence-corrected chi connectivity index (χ3v) is 5.03. The highest BCUT2D eigenvalue weighted by Gasteiger charge is 2.12. The molecule has 0 aliphatic carbocycles. The SMILES string of the molecule is COC(=O)c1ccc2c(=O)n(CCCN3CCCCC3)c(=S)[nH]c2c1. The molecule has 2 heterocycles. The molecule has 0 saturated carbocycles. The maximum atomic E-state index is 12.7. The first kappa shape index (κ1) is 17.8. The summed E-state index contributed by atoms with van der Waals surface area (Å²) in [4.78, 5) is 29.9. The summed E-state index contributed by atoms with van der Waals surface area (Å²) in [6.45, 7) is 3.88. The molecule has 0 atom stereocenters. The molecule has 7 heteroatoms. The van der Waals surface area contributed by atoms with E-state index in [0.717, 1.165) is 26.1 Å². The summed E-state index contributed by atoms with van der Waals surface area (Å²) < 4.78 is 6.71. The standard InChI is InChI=1S/C18H23N3O3S/c1-24-17(23)13-6-7-14-15(12-13)19-18(25)21(16(14)22)11-5-10-20-8-3-2-4-9-20/h6-7,12H,2-5,8-11H2,1H3,(H,19,25). The maximum absolute atomic E-state index is 12.7. The molecule has 1 aliphatic rings. The number of nitrogens with one attached hydrogen (secondary N) is 1. The number of fused-ring (bicyclic) bond motifs is 1. The van der Waals surface area contributed by atoms with Crippen molar-refractivity contribution >= 4 is 29.1 Å². The minimum atomic E-state index is -0.438. The van der Waals surface area contributed by atoms with Gasteiger partial charge in [-0.3, -0.25) is 9.36 Å². The highest BCUT2D eigenvalue weighted by atomic mass is 32.1. The van der Waals surface area contributed by atoms with Gasteiger partial charge in [-0.1, -0.05) is 6.42 Å². The molecule has 1 fully saturated rings. The van der Waals surface area contributed by atoms with Crippen LogP contribution in [0.2, 0.25) is 0 Å². The number of hydrogen-bond donors (Lipinski definition) is 1. The van der Waals surface area contributed by atoms with Crippen LogP contribution in [-0.4, -0.2) is 47.2 Å². The van der Waals surface area contributed by atoms with Gasteiger partial charge in [0, 0.05) is 6.54 Å². The lowest BCUT2D eigenvalue weighted by Gasteiger charge is -2.26. The predicted molar refractivity (Wildman–Crippen MR) is 99.6 cm³/mol. The number of methoxy groups -OCH3 is 1. The smallest absolute Gasteiger partial charge is 0.337 e. The number of esters is 1. The molecule has 3 rings (SSSR count). The van der Waals surface area contributed by atoms with E-state index in [4.69, 9.17) is 17.0 Å². The number of carbonyl (C=O) groups excluding carboxylic acids is 1. The van der Waals surface area contributed by atoms with E-state index in [1.54, 1.807) is 22.8 Å². The van der Waals surface area contributed by atoms with Crippen molar-refractivity contribution in [3.63, 3.8) is 0 Å². The second-order valence-corrected chi connectivity index (χ2v) is 6.78. The van der Waals surface area contributed by atoms with Gasteiger partial charge in [0.1, 0.15) is 0 Å². The van der Waals surface area contributed by atoms with Crippen LogP contribution in [0.15, 0.2) is 23.0 Å². The summed E-state index contributed by atoms with van der Waals surface area (Å²) in [6, 6.07) is 4.86. The van der Waals surface area contributed by atoms with Crippen molar-refractivity contribution in [1.29, 1.82) is 0 Å². The first-order chi connectivity index (χ1) is 12.1. The second-order valence-electron chi connectivity index (χ2n) is 6.39. The van der Waals surface area contributed by atoms with Crippen molar-refractivity contribution in [2.45, 2.75) is 32.2 Å². The van der Waals surface area contributed by atoms with Crippen LogP contribution < -0.4 is 5.56 Å². The van der Waals surface area contributed by atoms with Crippen molar-refractivity contribution in [3.05, 3.63) is 38.9 Å². The number of benzene rings is 1. The Hall–Kier alpha value is -1.99. The Bertz CT molecular complexity index is 881. The maximum Gasteiger partial charge on any atom is 0.337 e. The van der Waals surface area contributed by atoms with Crippen LogP contribution >= 0.6 is 12.2 Å². The average Bonchev–Trinajstić information content (AvgIpc) is 2.64. The van der Waals surface area contributed by atoms with Crippen LogP contribution in [0.3, 0.4) is 0 Å². The van der Waals surface area contributed by atoms with Crippen molar-refractivity contribution in [2.24, 2.45) is 0 Å². The van der Waals surface area contributed by atoms with Gasteiger partial charge in [0.05, 0.1) is 23.6 Å². The van der Waals surface area contributed by atoms with Crippen molar-refractivity contribution in [1.82, 2.24) is 14.5 Å². The zero-order valence-corrected chi connectivity index (χ0v) is 15.2. The molecule has 1 N–H and O–H groups in total. The lowest BCUT2D eigenvalue weighted by molar-refractivity contribution is 0.0601. The predicted octanol–water partition coefficient (Wildman–Crippen LogP) is 2.72. The second kappa shape index (κ2) is 7.93. The van der Waals surface area contributed by atoms with Gasteiger partial charge in [-0.2, -0.15) is 0 Å². The number of aromatic nitrogens is 2. The Morgan fingerprint density at radius 2 is 2.00 bits per heavy atom. The van der Waals surface area contributed by atoms with Gasteiger partial charge in [0.15, 0.2) is 4.77 Å². The number of aromatic amines is 1. The summed E-state index contributed by atoms with van der Waals surface area (Å²) in [5.41, 5.74) is 0.835. The topological polar surface area (TPSA) is 67.3 Å². The van der Waals surface area contributed by atoms with Crippen LogP contribution in [0.1, 0.15) is 36.0 Å². The van der Waals surface area contributed by atoms with Gasteiger partial charge in [0.2, 0.25) is 0 Å². The summed E-state index contributed by atoms with van der Waals surface area (Å²) in [6.07, 6.45) is 4.74. The van der Waals surface area contributed by atoms with Gasteiger partial charge in [-0.25, -0.2) is 4.79 Å². The van der Waals surface area contributed by atoms with Gasteiger partial charge >= 0.3 is 5.97 Å². The first-order valence-electron chi connectivity index (χ1n) is 8.67. The number of ether oxygens (including phenoxy) is 1. The molecule has 0 spiro atoms. The molecule has 0 radical (unpaired) electrons. The molecule has 0 bridgehead atoms. The summed E-state index contributed by atoms with van der Waals surface area (Å²) >= 11 is 5.35. The van der Waals surface area contributed by atoms with E-state index < -0.39 is 5.97 Å². The van der Waals surface area contributed by atoms with Gasteiger partial charge in [-0.05, 0) is 69.3 Å². The van der Waals surface area contributed by atoms with Crippen LogP contribution in [0.5, 0.6) is 0 Å². The lowest BCUT2D eigenvalue weighted by Crippen LogP contribution is -2.32. The monoisotopic (exact) mass is 361 g/mol. The number of likely N-dealkylation sites (tertiary alicyclic amines) is 1. The fourth-order valence-electron chi connectivity index (χ4n) is 3.34. The van der Waals surface area contributed by atoms with E-state index in [9.17, 15) is 9.59 Å². The van der Waals surface area contributed by atoms with E-state index in [0.29, 0.717) is 27.8 Å². The fourth-order valence-corrected chi connectivity index (χ4v) is 3.62. The van der Waals surface area contributed by atoms with Gasteiger partial charge < -0.3 is 14.6 Å². The minimum Gasteiger partial charge on any atom is -0.465 e. The van der Waals surface area contributed by atoms with E-state index >= 15 is 0 Å². The highest BCUT2D eigenvalue weighted by molar-refractivity contribution is 7.71. The Labute approximate surface area is 151 Å². The number of carbonyl (C=O) groups is 1. The molecule has 0 unspecified atom stereocenters. The third-order valence-electron chi connectivity index (χ3n) is 4.71. The summed E-state index contributed by atoms with van der Waals surface area (Å²) in [7, 11) is 1.33. The van der Waals surface area contributed by atoms with E-state index in [-0.39, 0.29) is 5.56 Å². The molecule has 134 valence electrons. The minimum absolute atomic E-state index is 0.117. The quantitative estimate of drug-likeness (QED) is 0.655. The van der Waals surface area contributed by atoms with Crippen molar-refractivity contribution < 1.29 is 9.53 Å². The van der Waals surface area contributed by atoms with Crippen LogP contribution in [-0.2, 0) is 11.3 Å². The zero-order chi connectivity index (χ0) is 17.8. The third kappa shape index (κ3) is 3.99. The molecule has 0 amide bonds. The van der Waals surface area contributed by atoms with Crippen molar-refractivity contribution in [2.75, 3.05) is 26.7 Å². The van der Waals surface area contributed by atoms with Gasteiger partial charge in [0.25, 0.3) is 5.56 Å². The molecule has 6 nitrogen and oxygen atoms in total. The Kier molecular flexibility index (Phi) is 5.65. The number of piperidine rings is 1. The molecule has 25 heavy (non-hydrogen) atoms. The summed E-state index contributed by atoms with van der Waals surface area (Å²) in [5, 5.41) is 0.527. The number of H-pyrrole nitrogens is 1. The molecule has 2 aromatic rings. The normalized spacial score (nSPS) is 15.4. The Balaban J connectivity index is 1.80. The largest absolute Gasteiger partial charge is 0.465 e. The summed E-state index contributed by atoms with van der Waals surface area (Å²) in [5.74, 6) is -0.438. The number of nitrogens with zero attached hydrogens (tertiary/aromatic N) is 2. The van der Waals surface area contributed by atoms with Crippen LogP contribution in [0, 0.1) is 4.77 Å². The first-order valence-corrected chi connectivity index (χ1v) is 9.08. The molecule has 1 aromatic carbocycles. The molecule has 1 aromatic heterocycles. The molecule has 1 saturated heterocycles. The van der Waals surface area contributed by atoms with E-state index in [2.05, 4.69) is 9.88 Å². The molecular formula is C18H23N3O3S. The van der Waals surface area contributed by atoms with E-state index in [1.807, 2.05) is 0 Å². The average molecular weight is 361 g/mol. The number of rotatable bonds is 5. The highest BCUT2D eigenvalue weighted by Crippen LogP contribution is 2.12. The fraction of sp³-hybridized carbons (Fsp3) is 0.500. The zero-order valence-electron chi connectivity index (χ0n) is 14.4. The number of hydrogen-bond acceptors (Lipinski definition) is 5. The van der Waals surface area contributed by atoms with E-state index in [1.165, 1.54) is 26.4 Å². The van der Waals surface area contributed by atoms with Crippen LogP contribution in [0.4, 0.5) is 0 Å². The van der Waals surface area contributed by atoms with Crippen molar-refractivity contribution in [3.8, 4) is 0 Å². The Morgan fingerprint density at radius 1 is 1.24 bits per heavy atom. The molecule has 1 aliphatic heterocycles.